The monoisotopic (exact) mass is 307 g/mol. The van der Waals surface area contributed by atoms with Crippen LogP contribution in [0.5, 0.6) is 11.5 Å². The Morgan fingerprint density at radius 1 is 1.24 bits per heavy atom. The van der Waals surface area contributed by atoms with E-state index < -0.39 is 18.6 Å². The topological polar surface area (TPSA) is 70.8 Å². The van der Waals surface area contributed by atoms with Gasteiger partial charge in [0.15, 0.2) is 0 Å². The summed E-state index contributed by atoms with van der Waals surface area (Å²) in [7, 11) is 2.76. The van der Waals surface area contributed by atoms with E-state index in [9.17, 15) is 18.0 Å². The molecule has 0 atom stereocenters. The number of carbonyl (C=O) groups excluding carboxylic acids is 1. The number of benzene rings is 1. The third kappa shape index (κ3) is 5.05. The van der Waals surface area contributed by atoms with E-state index in [-0.39, 0.29) is 30.0 Å². The molecule has 0 heterocycles. The van der Waals surface area contributed by atoms with E-state index in [0.29, 0.717) is 5.75 Å². The third-order valence-corrected chi connectivity index (χ3v) is 2.63. The third-order valence-electron chi connectivity index (χ3n) is 2.63. The minimum atomic E-state index is -4.27. The molecule has 5 nitrogen and oxygen atoms in total. The lowest BCUT2D eigenvalue weighted by Gasteiger charge is -2.12. The summed E-state index contributed by atoms with van der Waals surface area (Å²) in [5, 5.41) is 0. The maximum atomic E-state index is 12.0. The fourth-order valence-electron chi connectivity index (χ4n) is 1.57. The van der Waals surface area contributed by atoms with Gasteiger partial charge in [0, 0.05) is 12.5 Å². The second-order valence-electron chi connectivity index (χ2n) is 4.15. The Kier molecular flexibility index (Phi) is 5.69. The van der Waals surface area contributed by atoms with Gasteiger partial charge in [-0.1, -0.05) is 0 Å². The summed E-state index contributed by atoms with van der Waals surface area (Å²) >= 11 is 0. The number of carbonyl (C=O) groups is 1. The van der Waals surface area contributed by atoms with Crippen molar-refractivity contribution in [2.75, 3.05) is 26.6 Å². The number of esters is 1. The highest BCUT2D eigenvalue weighted by molar-refractivity contribution is 5.97. The van der Waals surface area contributed by atoms with Crippen LogP contribution in [0.4, 0.5) is 18.9 Å². The first-order valence-electron chi connectivity index (χ1n) is 6.04. The zero-order valence-corrected chi connectivity index (χ0v) is 11.6. The summed E-state index contributed by atoms with van der Waals surface area (Å²) in [6.07, 6.45) is -5.60. The van der Waals surface area contributed by atoms with Crippen molar-refractivity contribution in [3.8, 4) is 11.5 Å². The highest BCUT2D eigenvalue weighted by Gasteiger charge is 2.26. The Balaban J connectivity index is 2.73. The number of alkyl halides is 3. The van der Waals surface area contributed by atoms with Gasteiger partial charge in [0.1, 0.15) is 11.5 Å². The fourth-order valence-corrected chi connectivity index (χ4v) is 1.57. The minimum Gasteiger partial charge on any atom is -0.497 e. The predicted octanol–water partition coefficient (Wildman–Crippen LogP) is 2.79. The number of rotatable bonds is 6. The van der Waals surface area contributed by atoms with Crippen LogP contribution >= 0.6 is 0 Å². The summed E-state index contributed by atoms with van der Waals surface area (Å²) in [6.45, 7) is -0.350. The minimum absolute atomic E-state index is 0.0155. The van der Waals surface area contributed by atoms with Crippen LogP contribution in [-0.2, 0) is 4.74 Å². The van der Waals surface area contributed by atoms with Crippen LogP contribution < -0.4 is 15.2 Å². The Morgan fingerprint density at radius 2 is 1.90 bits per heavy atom. The van der Waals surface area contributed by atoms with Gasteiger partial charge in [-0.05, 0) is 12.5 Å². The second-order valence-corrected chi connectivity index (χ2v) is 4.15. The molecule has 0 fully saturated rings. The highest BCUT2D eigenvalue weighted by atomic mass is 19.4. The number of hydrogen-bond donors (Lipinski definition) is 1. The largest absolute Gasteiger partial charge is 0.497 e. The molecule has 1 aromatic carbocycles. The predicted molar refractivity (Wildman–Crippen MR) is 69.5 cm³/mol. The maximum Gasteiger partial charge on any atom is 0.389 e. The molecule has 1 aromatic rings. The van der Waals surface area contributed by atoms with Crippen molar-refractivity contribution in [3.63, 3.8) is 0 Å². The van der Waals surface area contributed by atoms with Crippen LogP contribution in [0.25, 0.3) is 0 Å². The van der Waals surface area contributed by atoms with E-state index in [2.05, 4.69) is 0 Å². The van der Waals surface area contributed by atoms with Crippen LogP contribution in [0.15, 0.2) is 12.1 Å². The smallest absolute Gasteiger partial charge is 0.389 e. The van der Waals surface area contributed by atoms with Crippen molar-refractivity contribution >= 4 is 11.7 Å². The summed E-state index contributed by atoms with van der Waals surface area (Å²) in [6, 6.07) is 2.82. The molecule has 8 heteroatoms. The average Bonchev–Trinajstić information content (AvgIpc) is 2.42. The number of nitrogens with two attached hydrogens (primary N) is 1. The van der Waals surface area contributed by atoms with Gasteiger partial charge in [0.25, 0.3) is 0 Å². The van der Waals surface area contributed by atoms with Crippen molar-refractivity contribution in [1.82, 2.24) is 0 Å². The number of nitrogen functional groups attached to an aromatic ring is 1. The standard InChI is InChI=1S/C13H16F3NO4/c1-19-8-6-9(11(17)10(7-8)20-2)12(18)21-5-3-4-13(14,15)16/h6-7H,3-5,17H2,1-2H3. The summed E-state index contributed by atoms with van der Waals surface area (Å²) in [5.41, 5.74) is 5.76. The molecule has 0 bridgehead atoms. The molecule has 0 radical (unpaired) electrons. The molecule has 118 valence electrons. The van der Waals surface area contributed by atoms with Gasteiger partial charge in [-0.3, -0.25) is 0 Å². The first-order valence-corrected chi connectivity index (χ1v) is 6.04. The summed E-state index contributed by atoms with van der Waals surface area (Å²) in [5.74, 6) is -0.285. The van der Waals surface area contributed by atoms with Gasteiger partial charge in [0.05, 0.1) is 32.1 Å². The Labute approximate surface area is 119 Å². The molecule has 0 aliphatic rings. The highest BCUT2D eigenvalue weighted by Crippen LogP contribution is 2.31. The molecule has 0 spiro atoms. The van der Waals surface area contributed by atoms with Gasteiger partial charge in [-0.2, -0.15) is 13.2 Å². The first-order chi connectivity index (χ1) is 9.78. The molecule has 0 saturated carbocycles. The molecular weight excluding hydrogens is 291 g/mol. The van der Waals surface area contributed by atoms with Crippen molar-refractivity contribution in [2.24, 2.45) is 0 Å². The number of methoxy groups -OCH3 is 2. The average molecular weight is 307 g/mol. The first kappa shape index (κ1) is 16.9. The molecule has 2 N–H and O–H groups in total. The van der Waals surface area contributed by atoms with Crippen LogP contribution in [-0.4, -0.2) is 33.0 Å². The van der Waals surface area contributed by atoms with Crippen LogP contribution in [0.1, 0.15) is 23.2 Å². The van der Waals surface area contributed by atoms with Gasteiger partial charge in [0.2, 0.25) is 0 Å². The fraction of sp³-hybridized carbons (Fsp3) is 0.462. The lowest BCUT2D eigenvalue weighted by Crippen LogP contribution is -2.13. The zero-order valence-electron chi connectivity index (χ0n) is 11.6. The van der Waals surface area contributed by atoms with Gasteiger partial charge in [-0.15, -0.1) is 0 Å². The second kappa shape index (κ2) is 7.05. The van der Waals surface area contributed by atoms with Crippen LogP contribution in [0, 0.1) is 0 Å². The van der Waals surface area contributed by atoms with E-state index in [1.165, 1.54) is 26.4 Å². The van der Waals surface area contributed by atoms with Gasteiger partial charge < -0.3 is 19.9 Å². The molecule has 1 rings (SSSR count). The normalized spacial score (nSPS) is 11.1. The lowest BCUT2D eigenvalue weighted by atomic mass is 10.1. The molecule has 0 aromatic heterocycles. The van der Waals surface area contributed by atoms with Crippen molar-refractivity contribution in [3.05, 3.63) is 17.7 Å². The van der Waals surface area contributed by atoms with E-state index in [4.69, 9.17) is 19.9 Å². The number of ether oxygens (including phenoxy) is 3. The number of anilines is 1. The SMILES string of the molecule is COc1cc(OC)c(N)c(C(=O)OCCCC(F)(F)F)c1. The van der Waals surface area contributed by atoms with Crippen molar-refractivity contribution < 1.29 is 32.2 Å². The van der Waals surface area contributed by atoms with Crippen molar-refractivity contribution in [2.45, 2.75) is 19.0 Å². The Bertz CT molecular complexity index is 503. The quantitative estimate of drug-likeness (QED) is 0.497. The van der Waals surface area contributed by atoms with Crippen molar-refractivity contribution in [1.29, 1.82) is 0 Å². The molecule has 0 aliphatic heterocycles. The van der Waals surface area contributed by atoms with Crippen LogP contribution in [0.3, 0.4) is 0 Å². The molecular formula is C13H16F3NO4. The van der Waals surface area contributed by atoms with Crippen LogP contribution in [0.2, 0.25) is 0 Å². The number of hydrogen-bond acceptors (Lipinski definition) is 5. The van der Waals surface area contributed by atoms with Gasteiger partial charge >= 0.3 is 12.1 Å². The zero-order chi connectivity index (χ0) is 16.0. The van der Waals surface area contributed by atoms with E-state index in [1.54, 1.807) is 0 Å². The molecule has 0 aliphatic carbocycles. The van der Waals surface area contributed by atoms with E-state index in [1.807, 2.05) is 0 Å². The van der Waals surface area contributed by atoms with E-state index in [0.717, 1.165) is 0 Å². The molecule has 21 heavy (non-hydrogen) atoms. The molecule has 0 unspecified atom stereocenters. The Morgan fingerprint density at radius 3 is 2.43 bits per heavy atom. The lowest BCUT2D eigenvalue weighted by molar-refractivity contribution is -0.137. The Hall–Kier alpha value is -2.12. The summed E-state index contributed by atoms with van der Waals surface area (Å²) in [4.78, 5) is 11.8. The molecule has 0 saturated heterocycles. The van der Waals surface area contributed by atoms with Gasteiger partial charge in [-0.25, -0.2) is 4.79 Å². The summed E-state index contributed by atoms with van der Waals surface area (Å²) < 4.78 is 50.7. The maximum absolute atomic E-state index is 12.0. The molecule has 0 amide bonds. The van der Waals surface area contributed by atoms with E-state index >= 15 is 0 Å². The number of halogens is 3.